The van der Waals surface area contributed by atoms with Crippen molar-refractivity contribution in [1.82, 2.24) is 9.80 Å². The molecule has 0 atom stereocenters. The average molecular weight is 380 g/mol. The van der Waals surface area contributed by atoms with Gasteiger partial charge in [-0.15, -0.1) is 0 Å². The molecule has 144 valence electrons. The van der Waals surface area contributed by atoms with E-state index in [2.05, 4.69) is 31.8 Å². The molecule has 2 heterocycles. The molecule has 0 aliphatic carbocycles. The Labute approximate surface area is 161 Å². The van der Waals surface area contributed by atoms with Gasteiger partial charge in [-0.2, -0.15) is 0 Å². The Morgan fingerprint density at radius 2 is 1.69 bits per heavy atom. The van der Waals surface area contributed by atoms with Crippen molar-refractivity contribution >= 4 is 23.2 Å². The Kier molecular flexibility index (Phi) is 7.41. The molecule has 2 fully saturated rings. The van der Waals surface area contributed by atoms with Crippen LogP contribution in [0.5, 0.6) is 0 Å². The number of halogens is 1. The molecule has 2 aliphatic heterocycles. The number of rotatable bonds is 6. The van der Waals surface area contributed by atoms with Gasteiger partial charge in [0.15, 0.2) is 5.96 Å². The van der Waals surface area contributed by atoms with E-state index in [1.165, 1.54) is 12.1 Å². The van der Waals surface area contributed by atoms with Crippen LogP contribution in [0.25, 0.3) is 0 Å². The summed E-state index contributed by atoms with van der Waals surface area (Å²) in [4.78, 5) is 11.6. The van der Waals surface area contributed by atoms with Crippen molar-refractivity contribution in [3.8, 4) is 0 Å². The molecule has 26 heavy (non-hydrogen) atoms. The fourth-order valence-corrected chi connectivity index (χ4v) is 3.54. The highest BCUT2D eigenvalue weighted by Crippen LogP contribution is 2.19. The van der Waals surface area contributed by atoms with Crippen LogP contribution < -0.4 is 10.6 Å². The number of hydrogen-bond acceptors (Lipinski definition) is 4. The van der Waals surface area contributed by atoms with E-state index in [0.29, 0.717) is 5.96 Å². The van der Waals surface area contributed by atoms with Gasteiger partial charge >= 0.3 is 0 Å². The maximum atomic E-state index is 6.19. The second kappa shape index (κ2) is 10.00. The van der Waals surface area contributed by atoms with Gasteiger partial charge in [0.05, 0.1) is 13.2 Å². The molecule has 0 unspecified atom stereocenters. The van der Waals surface area contributed by atoms with Crippen molar-refractivity contribution in [2.24, 2.45) is 10.7 Å². The Balaban J connectivity index is 1.34. The first-order valence-electron chi connectivity index (χ1n) is 9.58. The number of nitrogens with two attached hydrogens (primary N) is 1. The summed E-state index contributed by atoms with van der Waals surface area (Å²) in [5.41, 5.74) is 7.41. The van der Waals surface area contributed by atoms with Crippen molar-refractivity contribution in [3.63, 3.8) is 0 Å². The Bertz CT molecular complexity index is 566. The van der Waals surface area contributed by atoms with Gasteiger partial charge < -0.3 is 20.3 Å². The summed E-state index contributed by atoms with van der Waals surface area (Å²) in [6, 6.07) is 8.03. The Morgan fingerprint density at radius 3 is 2.38 bits per heavy atom. The first-order valence-corrected chi connectivity index (χ1v) is 9.95. The van der Waals surface area contributed by atoms with Gasteiger partial charge in [-0.25, -0.2) is 0 Å². The molecule has 0 aromatic heterocycles. The quantitative estimate of drug-likeness (QED) is 0.464. The SMILES string of the molecule is NC(=NCCCCN1CCOCC1)N1CCN(c2ccc(Cl)cc2)CC1. The number of unbranched alkanes of at least 4 members (excludes halogenated alkanes) is 1. The van der Waals surface area contributed by atoms with E-state index in [1.54, 1.807) is 0 Å². The molecule has 2 N–H and O–H groups in total. The Hall–Kier alpha value is -1.50. The fourth-order valence-electron chi connectivity index (χ4n) is 3.41. The maximum Gasteiger partial charge on any atom is 0.191 e. The standard InChI is InChI=1S/C19H30ClN5O/c20-17-3-5-18(6-4-17)24-9-11-25(12-10-24)19(21)22-7-1-2-8-23-13-15-26-16-14-23/h3-6H,1-2,7-16H2,(H2,21,22). The highest BCUT2D eigenvalue weighted by atomic mass is 35.5. The van der Waals surface area contributed by atoms with Crippen LogP contribution in [0.1, 0.15) is 12.8 Å². The molecule has 1 aromatic carbocycles. The summed E-state index contributed by atoms with van der Waals surface area (Å²) in [6.07, 6.45) is 2.25. The van der Waals surface area contributed by atoms with Crippen LogP contribution in [-0.2, 0) is 4.74 Å². The zero-order valence-electron chi connectivity index (χ0n) is 15.4. The predicted molar refractivity (Wildman–Crippen MR) is 108 cm³/mol. The molecule has 3 rings (SSSR count). The van der Waals surface area contributed by atoms with Crippen LogP contribution in [0.4, 0.5) is 5.69 Å². The smallest absolute Gasteiger partial charge is 0.191 e. The summed E-state index contributed by atoms with van der Waals surface area (Å²) in [5, 5.41) is 0.775. The first-order chi connectivity index (χ1) is 12.7. The van der Waals surface area contributed by atoms with Gasteiger partial charge in [0.2, 0.25) is 0 Å². The lowest BCUT2D eigenvalue weighted by Crippen LogP contribution is -2.51. The lowest BCUT2D eigenvalue weighted by molar-refractivity contribution is 0.0373. The summed E-state index contributed by atoms with van der Waals surface area (Å²) in [6.45, 7) is 9.53. The summed E-state index contributed by atoms with van der Waals surface area (Å²) in [7, 11) is 0. The second-order valence-electron chi connectivity index (χ2n) is 6.85. The topological polar surface area (TPSA) is 57.3 Å². The molecule has 2 saturated heterocycles. The number of aliphatic imine (C=N–C) groups is 1. The highest BCUT2D eigenvalue weighted by molar-refractivity contribution is 6.30. The van der Waals surface area contributed by atoms with Gasteiger partial charge in [0.1, 0.15) is 0 Å². The number of benzene rings is 1. The highest BCUT2D eigenvalue weighted by Gasteiger charge is 2.18. The van der Waals surface area contributed by atoms with Crippen LogP contribution in [0, 0.1) is 0 Å². The third-order valence-electron chi connectivity index (χ3n) is 5.06. The van der Waals surface area contributed by atoms with Gasteiger partial charge in [-0.1, -0.05) is 11.6 Å². The first kappa shape index (κ1) is 19.3. The van der Waals surface area contributed by atoms with Crippen LogP contribution in [0.15, 0.2) is 29.3 Å². The molecule has 1 aromatic rings. The van der Waals surface area contributed by atoms with Crippen LogP contribution >= 0.6 is 11.6 Å². The monoisotopic (exact) mass is 379 g/mol. The normalized spacial score (nSPS) is 19.8. The number of hydrogen-bond donors (Lipinski definition) is 1. The van der Waals surface area contributed by atoms with E-state index in [1.807, 2.05) is 12.1 Å². The second-order valence-corrected chi connectivity index (χ2v) is 7.29. The molecule has 7 heteroatoms. The lowest BCUT2D eigenvalue weighted by Gasteiger charge is -2.36. The van der Waals surface area contributed by atoms with E-state index >= 15 is 0 Å². The average Bonchev–Trinajstić information content (AvgIpc) is 2.69. The predicted octanol–water partition coefficient (Wildman–Crippen LogP) is 1.89. The van der Waals surface area contributed by atoms with E-state index < -0.39 is 0 Å². The number of guanidine groups is 1. The minimum absolute atomic E-state index is 0.687. The van der Waals surface area contributed by atoms with Crippen LogP contribution in [0.2, 0.25) is 5.02 Å². The molecular weight excluding hydrogens is 350 g/mol. The van der Waals surface area contributed by atoms with Crippen molar-refractivity contribution in [3.05, 3.63) is 29.3 Å². The van der Waals surface area contributed by atoms with E-state index in [-0.39, 0.29) is 0 Å². The number of ether oxygens (including phenoxy) is 1. The van der Waals surface area contributed by atoms with Crippen LogP contribution in [-0.4, -0.2) is 81.3 Å². The summed E-state index contributed by atoms with van der Waals surface area (Å²) in [5.74, 6) is 0.687. The summed E-state index contributed by atoms with van der Waals surface area (Å²) >= 11 is 5.96. The minimum atomic E-state index is 0.687. The molecular formula is C19H30ClN5O. The molecule has 6 nitrogen and oxygen atoms in total. The van der Waals surface area contributed by atoms with E-state index in [4.69, 9.17) is 22.1 Å². The van der Waals surface area contributed by atoms with Crippen molar-refractivity contribution in [2.75, 3.05) is 70.5 Å². The third-order valence-corrected chi connectivity index (χ3v) is 5.31. The van der Waals surface area contributed by atoms with Gasteiger partial charge in [0.25, 0.3) is 0 Å². The number of piperazine rings is 1. The zero-order valence-corrected chi connectivity index (χ0v) is 16.2. The van der Waals surface area contributed by atoms with Crippen molar-refractivity contribution < 1.29 is 4.74 Å². The molecule has 0 spiro atoms. The maximum absolute atomic E-state index is 6.19. The van der Waals surface area contributed by atoms with Crippen molar-refractivity contribution in [2.45, 2.75) is 12.8 Å². The summed E-state index contributed by atoms with van der Waals surface area (Å²) < 4.78 is 5.37. The van der Waals surface area contributed by atoms with Gasteiger partial charge in [-0.05, 0) is 43.7 Å². The molecule has 0 radical (unpaired) electrons. The zero-order chi connectivity index (χ0) is 18.2. The minimum Gasteiger partial charge on any atom is -0.379 e. The van der Waals surface area contributed by atoms with Crippen LogP contribution in [0.3, 0.4) is 0 Å². The van der Waals surface area contributed by atoms with E-state index in [9.17, 15) is 0 Å². The lowest BCUT2D eigenvalue weighted by atomic mass is 10.2. The number of anilines is 1. The van der Waals surface area contributed by atoms with Crippen molar-refractivity contribution in [1.29, 1.82) is 0 Å². The Morgan fingerprint density at radius 1 is 1.00 bits per heavy atom. The number of nitrogens with zero attached hydrogens (tertiary/aromatic N) is 4. The third kappa shape index (κ3) is 5.76. The molecule has 0 saturated carbocycles. The largest absolute Gasteiger partial charge is 0.379 e. The molecule has 0 bridgehead atoms. The molecule has 0 amide bonds. The van der Waals surface area contributed by atoms with Gasteiger partial charge in [-0.3, -0.25) is 9.89 Å². The number of morpholine rings is 1. The van der Waals surface area contributed by atoms with Gasteiger partial charge in [0, 0.05) is 56.5 Å². The van der Waals surface area contributed by atoms with E-state index in [0.717, 1.165) is 77.0 Å². The fraction of sp³-hybridized carbons (Fsp3) is 0.632. The molecule has 2 aliphatic rings.